The minimum Gasteiger partial charge on any atom is -0.338 e. The Morgan fingerprint density at radius 2 is 1.93 bits per heavy atom. The molecule has 3 rings (SSSR count). The van der Waals surface area contributed by atoms with Crippen molar-refractivity contribution in [3.8, 4) is 0 Å². The van der Waals surface area contributed by atoms with Gasteiger partial charge in [-0.05, 0) is 62.9 Å². The van der Waals surface area contributed by atoms with E-state index in [1.807, 2.05) is 0 Å². The lowest BCUT2D eigenvalue weighted by Crippen LogP contribution is -2.40. The van der Waals surface area contributed by atoms with Gasteiger partial charge in [-0.2, -0.15) is 13.2 Å². The van der Waals surface area contributed by atoms with Crippen molar-refractivity contribution < 1.29 is 18.0 Å². The minimum atomic E-state index is -4.41. The number of hydrogen-bond acceptors (Lipinski definition) is 4. The SMILES string of the molecule is CCC1CCCCN1c1nc(C)cc(C(=O)Nc2ccc(C(F)(F)F)cc2)n1. The fraction of sp³-hybridized carbons (Fsp3) is 0.450. The third-order valence-corrected chi connectivity index (χ3v) is 4.90. The predicted octanol–water partition coefficient (Wildman–Crippen LogP) is 4.83. The lowest BCUT2D eigenvalue weighted by atomic mass is 10.0. The predicted molar refractivity (Wildman–Crippen MR) is 101 cm³/mol. The number of carbonyl (C=O) groups is 1. The number of nitrogens with zero attached hydrogens (tertiary/aromatic N) is 3. The number of nitrogens with one attached hydrogen (secondary N) is 1. The second kappa shape index (κ2) is 8.16. The summed E-state index contributed by atoms with van der Waals surface area (Å²) in [5.74, 6) is 0.0562. The van der Waals surface area contributed by atoms with Crippen LogP contribution in [0.3, 0.4) is 0 Å². The van der Waals surface area contributed by atoms with Crippen LogP contribution >= 0.6 is 0 Å². The Balaban J connectivity index is 1.79. The van der Waals surface area contributed by atoms with Gasteiger partial charge >= 0.3 is 6.18 Å². The van der Waals surface area contributed by atoms with Crippen LogP contribution in [0.5, 0.6) is 0 Å². The molecule has 1 fully saturated rings. The zero-order chi connectivity index (χ0) is 20.3. The number of piperidine rings is 1. The van der Waals surface area contributed by atoms with Crippen molar-refractivity contribution in [3.05, 3.63) is 47.3 Å². The van der Waals surface area contributed by atoms with Gasteiger partial charge in [-0.1, -0.05) is 6.92 Å². The number of aryl methyl sites for hydroxylation is 1. The molecule has 2 aromatic rings. The molecule has 5 nitrogen and oxygen atoms in total. The van der Waals surface area contributed by atoms with Gasteiger partial charge < -0.3 is 10.2 Å². The highest BCUT2D eigenvalue weighted by atomic mass is 19.4. The number of rotatable bonds is 4. The highest BCUT2D eigenvalue weighted by Gasteiger charge is 2.30. The molecule has 150 valence electrons. The first kappa shape index (κ1) is 20.1. The fourth-order valence-corrected chi connectivity index (χ4v) is 3.42. The lowest BCUT2D eigenvalue weighted by Gasteiger charge is -2.35. The first-order chi connectivity index (χ1) is 13.3. The van der Waals surface area contributed by atoms with E-state index in [2.05, 4.69) is 27.1 Å². The van der Waals surface area contributed by atoms with E-state index in [4.69, 9.17) is 0 Å². The number of aromatic nitrogens is 2. The van der Waals surface area contributed by atoms with Crippen molar-refractivity contribution in [2.75, 3.05) is 16.8 Å². The number of amides is 1. The van der Waals surface area contributed by atoms with Crippen molar-refractivity contribution in [2.45, 2.75) is 51.7 Å². The first-order valence-corrected chi connectivity index (χ1v) is 9.39. The Morgan fingerprint density at radius 3 is 2.57 bits per heavy atom. The molecule has 0 bridgehead atoms. The summed E-state index contributed by atoms with van der Waals surface area (Å²) in [4.78, 5) is 23.7. The van der Waals surface area contributed by atoms with Crippen LogP contribution in [-0.4, -0.2) is 28.5 Å². The van der Waals surface area contributed by atoms with Crippen molar-refractivity contribution in [1.29, 1.82) is 0 Å². The molecular weight excluding hydrogens is 369 g/mol. The molecule has 1 atom stereocenters. The average Bonchev–Trinajstić information content (AvgIpc) is 2.67. The quantitative estimate of drug-likeness (QED) is 0.810. The zero-order valence-corrected chi connectivity index (χ0v) is 15.9. The molecule has 1 unspecified atom stereocenters. The van der Waals surface area contributed by atoms with Gasteiger partial charge in [-0.25, -0.2) is 9.97 Å². The maximum absolute atomic E-state index is 12.7. The van der Waals surface area contributed by atoms with Gasteiger partial charge in [0.2, 0.25) is 5.95 Å². The maximum atomic E-state index is 12.7. The molecule has 1 aromatic carbocycles. The Morgan fingerprint density at radius 1 is 1.21 bits per heavy atom. The lowest BCUT2D eigenvalue weighted by molar-refractivity contribution is -0.137. The van der Waals surface area contributed by atoms with Crippen LogP contribution in [0.25, 0.3) is 0 Å². The number of halogens is 3. The Kier molecular flexibility index (Phi) is 5.86. The second-order valence-electron chi connectivity index (χ2n) is 6.98. The summed E-state index contributed by atoms with van der Waals surface area (Å²) in [5.41, 5.74) is 0.382. The summed E-state index contributed by atoms with van der Waals surface area (Å²) in [5, 5.41) is 2.60. The smallest absolute Gasteiger partial charge is 0.338 e. The molecule has 1 N–H and O–H groups in total. The molecule has 1 amide bonds. The summed E-state index contributed by atoms with van der Waals surface area (Å²) in [6.07, 6.45) is -0.139. The Bertz CT molecular complexity index is 836. The molecule has 0 aliphatic carbocycles. The monoisotopic (exact) mass is 392 g/mol. The largest absolute Gasteiger partial charge is 0.416 e. The molecular formula is C20H23F3N4O. The number of hydrogen-bond donors (Lipinski definition) is 1. The molecule has 2 heterocycles. The zero-order valence-electron chi connectivity index (χ0n) is 15.9. The fourth-order valence-electron chi connectivity index (χ4n) is 3.42. The van der Waals surface area contributed by atoms with Crippen LogP contribution in [0.15, 0.2) is 30.3 Å². The third kappa shape index (κ3) is 4.61. The summed E-state index contributed by atoms with van der Waals surface area (Å²) in [7, 11) is 0. The van der Waals surface area contributed by atoms with E-state index in [0.29, 0.717) is 17.7 Å². The summed E-state index contributed by atoms with van der Waals surface area (Å²) in [6, 6.07) is 6.26. The molecule has 0 radical (unpaired) electrons. The number of benzene rings is 1. The maximum Gasteiger partial charge on any atom is 0.416 e. The van der Waals surface area contributed by atoms with Gasteiger partial charge in [-0.3, -0.25) is 4.79 Å². The Hall–Kier alpha value is -2.64. The first-order valence-electron chi connectivity index (χ1n) is 9.39. The summed E-state index contributed by atoms with van der Waals surface area (Å²) in [6.45, 7) is 4.77. The van der Waals surface area contributed by atoms with Crippen LogP contribution in [0.2, 0.25) is 0 Å². The molecule has 0 spiro atoms. The van der Waals surface area contributed by atoms with Crippen molar-refractivity contribution >= 4 is 17.5 Å². The number of anilines is 2. The van der Waals surface area contributed by atoms with Gasteiger partial charge in [0.05, 0.1) is 5.56 Å². The van der Waals surface area contributed by atoms with E-state index < -0.39 is 17.6 Å². The Labute approximate surface area is 162 Å². The number of alkyl halides is 3. The number of carbonyl (C=O) groups excluding carboxylic acids is 1. The minimum absolute atomic E-state index is 0.197. The van der Waals surface area contributed by atoms with Crippen LogP contribution in [0.1, 0.15) is 54.4 Å². The highest BCUT2D eigenvalue weighted by molar-refractivity contribution is 6.03. The van der Waals surface area contributed by atoms with Crippen molar-refractivity contribution in [3.63, 3.8) is 0 Å². The van der Waals surface area contributed by atoms with Gasteiger partial charge in [0.15, 0.2) is 0 Å². The molecule has 1 aromatic heterocycles. The van der Waals surface area contributed by atoms with E-state index in [1.165, 1.54) is 18.6 Å². The molecule has 1 saturated heterocycles. The standard InChI is InChI=1S/C20H23F3N4O/c1-3-16-6-4-5-11-27(16)19-24-13(2)12-17(26-19)18(28)25-15-9-7-14(8-10-15)20(21,22)23/h7-10,12,16H,3-6,11H2,1-2H3,(H,25,28). The molecule has 28 heavy (non-hydrogen) atoms. The highest BCUT2D eigenvalue weighted by Crippen LogP contribution is 2.30. The van der Waals surface area contributed by atoms with Crippen LogP contribution in [0.4, 0.5) is 24.8 Å². The normalized spacial score (nSPS) is 17.5. The van der Waals surface area contributed by atoms with Gasteiger partial charge in [-0.15, -0.1) is 0 Å². The summed E-state index contributed by atoms with van der Waals surface area (Å²) >= 11 is 0. The molecule has 1 aliphatic rings. The van der Waals surface area contributed by atoms with Crippen LogP contribution < -0.4 is 10.2 Å². The van der Waals surface area contributed by atoms with Gasteiger partial charge in [0, 0.05) is 24.0 Å². The van der Waals surface area contributed by atoms with E-state index in [1.54, 1.807) is 13.0 Å². The van der Waals surface area contributed by atoms with E-state index in [0.717, 1.165) is 37.9 Å². The van der Waals surface area contributed by atoms with Crippen LogP contribution in [-0.2, 0) is 6.18 Å². The van der Waals surface area contributed by atoms with E-state index in [-0.39, 0.29) is 11.4 Å². The second-order valence-corrected chi connectivity index (χ2v) is 6.98. The third-order valence-electron chi connectivity index (χ3n) is 4.90. The topological polar surface area (TPSA) is 58.1 Å². The summed E-state index contributed by atoms with van der Waals surface area (Å²) < 4.78 is 38.0. The van der Waals surface area contributed by atoms with Gasteiger partial charge in [0.1, 0.15) is 5.69 Å². The van der Waals surface area contributed by atoms with Gasteiger partial charge in [0.25, 0.3) is 5.91 Å². The van der Waals surface area contributed by atoms with E-state index in [9.17, 15) is 18.0 Å². The van der Waals surface area contributed by atoms with Crippen LogP contribution in [0, 0.1) is 6.92 Å². The molecule has 1 aliphatic heterocycles. The molecule has 0 saturated carbocycles. The van der Waals surface area contributed by atoms with Crippen molar-refractivity contribution in [2.24, 2.45) is 0 Å². The average molecular weight is 392 g/mol. The van der Waals surface area contributed by atoms with E-state index >= 15 is 0 Å². The molecule has 8 heteroatoms. The van der Waals surface area contributed by atoms with Crippen molar-refractivity contribution in [1.82, 2.24) is 9.97 Å².